The van der Waals surface area contributed by atoms with E-state index in [4.69, 9.17) is 4.74 Å². The maximum Gasteiger partial charge on any atom is 0.309 e. The van der Waals surface area contributed by atoms with Crippen LogP contribution >= 0.6 is 0 Å². The van der Waals surface area contributed by atoms with Crippen molar-refractivity contribution in [1.82, 2.24) is 29.9 Å². The average Bonchev–Trinajstić information content (AvgIpc) is 3.60. The second-order valence-corrected chi connectivity index (χ2v) is 8.91. The molecule has 10 heteroatoms. The Hall–Kier alpha value is -3.75. The molecule has 2 aromatic rings. The van der Waals surface area contributed by atoms with Crippen LogP contribution in [0.4, 0.5) is 0 Å². The Bertz CT molecular complexity index is 1140. The number of benzene rings is 1. The van der Waals surface area contributed by atoms with E-state index in [0.717, 1.165) is 22.4 Å². The second-order valence-electron chi connectivity index (χ2n) is 8.91. The van der Waals surface area contributed by atoms with Crippen LogP contribution in [0, 0.1) is 12.8 Å². The van der Waals surface area contributed by atoms with Crippen LogP contribution < -0.4 is 5.32 Å². The molecule has 3 heterocycles. The van der Waals surface area contributed by atoms with E-state index in [1.54, 1.807) is 24.3 Å². The summed E-state index contributed by atoms with van der Waals surface area (Å²) < 4.78 is 6.92. The summed E-state index contributed by atoms with van der Waals surface area (Å²) in [5, 5.41) is 28.0. The minimum atomic E-state index is -2.50. The quantitative estimate of drug-likeness (QED) is 0.373. The molecule has 204 valence electrons. The summed E-state index contributed by atoms with van der Waals surface area (Å²) in [6, 6.07) is 8.00. The number of allylic oxidation sites excluding steroid dienone is 1. The fourth-order valence-corrected chi connectivity index (χ4v) is 4.15. The Morgan fingerprint density at radius 2 is 1.89 bits per heavy atom. The van der Waals surface area contributed by atoms with Crippen molar-refractivity contribution in [2.45, 2.75) is 31.8 Å². The lowest BCUT2D eigenvalue weighted by molar-refractivity contribution is -0.254. The molecule has 1 fully saturated rings. The first-order valence-electron chi connectivity index (χ1n) is 12.2. The first kappa shape index (κ1) is 30.5. The van der Waals surface area contributed by atoms with E-state index < -0.39 is 11.8 Å². The first-order valence-corrected chi connectivity index (χ1v) is 12.2. The topological polar surface area (TPSA) is 116 Å². The van der Waals surface area contributed by atoms with Gasteiger partial charge < -0.3 is 25.2 Å². The summed E-state index contributed by atoms with van der Waals surface area (Å²) >= 11 is 0. The van der Waals surface area contributed by atoms with E-state index in [9.17, 15) is 15.0 Å². The SMILES string of the molecule is C#C.C=CNC(=C)C.CO[C@H]1CCN(C(O)(O)C(=O)N2CC=C(c3ccc(-c4ncn(C)n4)cc3)CC2)C1. The van der Waals surface area contributed by atoms with Crippen molar-refractivity contribution in [1.29, 1.82) is 0 Å². The summed E-state index contributed by atoms with van der Waals surface area (Å²) in [5.74, 6) is -2.51. The van der Waals surface area contributed by atoms with E-state index in [2.05, 4.69) is 41.4 Å². The highest BCUT2D eigenvalue weighted by Crippen LogP contribution is 2.27. The Kier molecular flexibility index (Phi) is 11.4. The molecule has 3 N–H and O–H groups in total. The van der Waals surface area contributed by atoms with Gasteiger partial charge in [-0.25, -0.2) is 9.88 Å². The monoisotopic (exact) mass is 522 g/mol. The third-order valence-electron chi connectivity index (χ3n) is 6.16. The van der Waals surface area contributed by atoms with Gasteiger partial charge in [-0.3, -0.25) is 9.48 Å². The summed E-state index contributed by atoms with van der Waals surface area (Å²) in [7, 11) is 3.42. The summed E-state index contributed by atoms with van der Waals surface area (Å²) in [4.78, 5) is 19.9. The van der Waals surface area contributed by atoms with Crippen LogP contribution in [0.15, 0.2) is 61.7 Å². The van der Waals surface area contributed by atoms with Crippen molar-refractivity contribution in [2.75, 3.05) is 33.3 Å². The zero-order valence-electron chi connectivity index (χ0n) is 22.4. The maximum atomic E-state index is 12.7. The lowest BCUT2D eigenvalue weighted by atomic mass is 9.98. The van der Waals surface area contributed by atoms with Crippen LogP contribution in [0.2, 0.25) is 0 Å². The number of aryl methyl sites for hydroxylation is 1. The fraction of sp³-hybridized carbons (Fsp3) is 0.393. The van der Waals surface area contributed by atoms with E-state index in [0.29, 0.717) is 44.8 Å². The van der Waals surface area contributed by atoms with Crippen molar-refractivity contribution in [3.63, 3.8) is 0 Å². The zero-order chi connectivity index (χ0) is 28.3. The van der Waals surface area contributed by atoms with Gasteiger partial charge in [-0.15, -0.1) is 12.8 Å². The van der Waals surface area contributed by atoms with Crippen LogP contribution in [0.25, 0.3) is 17.0 Å². The third kappa shape index (κ3) is 7.87. The predicted molar refractivity (Wildman–Crippen MR) is 148 cm³/mol. The standard InChI is InChI=1S/C21H27N5O4.C5H9N.C2H2/c1-24-14-22-19(23-24)17-5-3-15(4-6-17)16-7-10-25(11-8-16)20(27)21(28,29)26-12-9-18(13-26)30-2;1-4-6-5(2)3;1-2/h3-7,14,18,28-29H,8-13H2,1-2H3;4,6H,1-2H2,3H3;1-2H/t18-;;/m0../s1. The van der Waals surface area contributed by atoms with Crippen molar-refractivity contribution in [2.24, 2.45) is 7.05 Å². The van der Waals surface area contributed by atoms with Gasteiger partial charge in [0, 0.05) is 51.6 Å². The van der Waals surface area contributed by atoms with Crippen LogP contribution in [-0.4, -0.2) is 86.0 Å². The molecule has 0 spiro atoms. The highest BCUT2D eigenvalue weighted by Gasteiger charge is 2.46. The Labute approximate surface area is 224 Å². The van der Waals surface area contributed by atoms with Gasteiger partial charge in [-0.05, 0) is 37.1 Å². The molecule has 1 aromatic carbocycles. The lowest BCUT2D eigenvalue weighted by Gasteiger charge is -2.36. The number of carbonyl (C=O) groups is 1. The molecule has 38 heavy (non-hydrogen) atoms. The lowest BCUT2D eigenvalue weighted by Crippen LogP contribution is -2.60. The van der Waals surface area contributed by atoms with E-state index in [-0.39, 0.29) is 6.10 Å². The maximum absolute atomic E-state index is 12.7. The predicted octanol–water partition coefficient (Wildman–Crippen LogP) is 1.96. The van der Waals surface area contributed by atoms with Gasteiger partial charge in [0.2, 0.25) is 0 Å². The molecule has 2 aliphatic heterocycles. The van der Waals surface area contributed by atoms with Crippen LogP contribution in [0.3, 0.4) is 0 Å². The third-order valence-corrected chi connectivity index (χ3v) is 6.16. The van der Waals surface area contributed by atoms with Gasteiger partial charge >= 0.3 is 5.91 Å². The van der Waals surface area contributed by atoms with Crippen molar-refractivity contribution >= 4 is 11.5 Å². The van der Waals surface area contributed by atoms with E-state index in [1.165, 1.54) is 9.80 Å². The molecule has 10 nitrogen and oxygen atoms in total. The molecule has 0 saturated carbocycles. The van der Waals surface area contributed by atoms with Gasteiger partial charge in [0.05, 0.1) is 6.10 Å². The number of aromatic nitrogens is 3. The highest BCUT2D eigenvalue weighted by molar-refractivity contribution is 5.84. The van der Waals surface area contributed by atoms with Crippen LogP contribution in [0.1, 0.15) is 25.3 Å². The number of hydrogen-bond acceptors (Lipinski definition) is 8. The Morgan fingerprint density at radius 3 is 2.34 bits per heavy atom. The molecule has 2 aliphatic rings. The number of amides is 1. The number of rotatable bonds is 7. The number of methoxy groups -OCH3 is 1. The molecule has 1 aromatic heterocycles. The normalized spacial score (nSPS) is 17.3. The van der Waals surface area contributed by atoms with Crippen LogP contribution in [-0.2, 0) is 16.6 Å². The smallest absolute Gasteiger partial charge is 0.309 e. The van der Waals surface area contributed by atoms with E-state index in [1.807, 2.05) is 44.3 Å². The molecule has 0 bridgehead atoms. The number of aliphatic hydroxyl groups is 2. The van der Waals surface area contributed by atoms with Gasteiger partial charge in [0.25, 0.3) is 5.91 Å². The number of carbonyl (C=O) groups excluding carboxylic acids is 1. The molecule has 0 aliphatic carbocycles. The van der Waals surface area contributed by atoms with Crippen molar-refractivity contribution in [3.8, 4) is 24.2 Å². The molecular weight excluding hydrogens is 484 g/mol. The molecule has 0 unspecified atom stereocenters. The second kappa shape index (κ2) is 14.3. The number of nitrogens with one attached hydrogen (secondary N) is 1. The van der Waals surface area contributed by atoms with Crippen LogP contribution in [0.5, 0.6) is 0 Å². The summed E-state index contributed by atoms with van der Waals surface area (Å²) in [5.41, 5.74) is 4.06. The number of terminal acetylenes is 1. The Balaban J connectivity index is 0.000000560. The minimum absolute atomic E-state index is 0.0893. The largest absolute Gasteiger partial charge is 0.380 e. The molecule has 1 saturated heterocycles. The summed E-state index contributed by atoms with van der Waals surface area (Å²) in [6.07, 6.45) is 14.5. The number of nitrogens with zero attached hydrogens (tertiary/aromatic N) is 5. The first-order chi connectivity index (χ1) is 18.1. The fourth-order valence-electron chi connectivity index (χ4n) is 4.15. The molecule has 0 radical (unpaired) electrons. The number of ether oxygens (including phenoxy) is 1. The van der Waals surface area contributed by atoms with E-state index >= 15 is 0 Å². The average molecular weight is 523 g/mol. The number of hydrogen-bond donors (Lipinski definition) is 3. The summed E-state index contributed by atoms with van der Waals surface area (Å²) in [6.45, 7) is 10.4. The molecule has 1 atom stereocenters. The molecule has 4 rings (SSSR count). The highest BCUT2D eigenvalue weighted by atomic mass is 16.5. The Morgan fingerprint density at radius 1 is 1.24 bits per heavy atom. The number of likely N-dealkylation sites (tertiary alicyclic amines) is 1. The zero-order valence-corrected chi connectivity index (χ0v) is 22.4. The molecule has 1 amide bonds. The van der Waals surface area contributed by atoms with Crippen molar-refractivity contribution in [3.05, 3.63) is 67.3 Å². The molecular formula is C28H38N6O4. The van der Waals surface area contributed by atoms with Crippen molar-refractivity contribution < 1.29 is 19.7 Å². The van der Waals surface area contributed by atoms with Gasteiger partial charge in [-0.1, -0.05) is 43.5 Å². The van der Waals surface area contributed by atoms with Gasteiger partial charge in [-0.2, -0.15) is 5.10 Å². The minimum Gasteiger partial charge on any atom is -0.380 e. The van der Waals surface area contributed by atoms with Gasteiger partial charge in [0.15, 0.2) is 5.82 Å². The van der Waals surface area contributed by atoms with Gasteiger partial charge in [0.1, 0.15) is 6.33 Å².